The molecule has 0 bridgehead atoms. The van der Waals surface area contributed by atoms with Gasteiger partial charge in [0, 0.05) is 17.1 Å². The van der Waals surface area contributed by atoms with E-state index in [2.05, 4.69) is 15.9 Å². The monoisotopic (exact) mass is 196 g/mol. The van der Waals surface area contributed by atoms with E-state index >= 15 is 0 Å². The first kappa shape index (κ1) is 74.4. The van der Waals surface area contributed by atoms with Gasteiger partial charge in [-0.15, -0.1) is 0 Å². The molecule has 1 radical (unpaired) electrons. The van der Waals surface area contributed by atoms with Crippen molar-refractivity contribution >= 4 is 0 Å². The predicted octanol–water partition coefficient (Wildman–Crippen LogP) is -2.60. The fourth-order valence-electron chi connectivity index (χ4n) is 0. The van der Waals surface area contributed by atoms with E-state index in [9.17, 15) is 0 Å². The molecular formula is H6Cu2O4. The Bertz CT molecular complexity index is 5.51. The average Bonchev–Trinajstić information content (AvgIpc) is 1.00. The van der Waals surface area contributed by atoms with Crippen molar-refractivity contribution in [3.8, 4) is 0 Å². The van der Waals surface area contributed by atoms with Crippen molar-refractivity contribution in [1.29, 1.82) is 0 Å². The standard InChI is InChI=1S/2Cu.3H2O.O/h;;3*1H2;. The second-order valence-electron chi connectivity index (χ2n) is 0. The summed E-state index contributed by atoms with van der Waals surface area (Å²) in [5.74, 6) is 0. The molecule has 0 aliphatic rings. The molecule has 0 aliphatic heterocycles. The summed E-state index contributed by atoms with van der Waals surface area (Å²) in [5.41, 5.74) is 0. The molecule has 0 aromatic heterocycles. The van der Waals surface area contributed by atoms with E-state index in [1.54, 1.807) is 0 Å². The molecule has 0 amide bonds. The maximum absolute atomic E-state index is 7.81. The minimum atomic E-state index is 0. The van der Waals surface area contributed by atoms with Gasteiger partial charge in [-0.05, 0) is 0 Å². The summed E-state index contributed by atoms with van der Waals surface area (Å²) >= 11 is 2.94. The topological polar surface area (TPSA) is 112 Å². The van der Waals surface area contributed by atoms with Crippen LogP contribution < -0.4 is 0 Å². The number of hydrogen-bond acceptors (Lipinski definition) is 1. The van der Waals surface area contributed by atoms with Crippen LogP contribution in [0.5, 0.6) is 0 Å². The van der Waals surface area contributed by atoms with Crippen molar-refractivity contribution < 1.29 is 53.3 Å². The predicted molar refractivity (Wildman–Crippen MR) is 11.5 cm³/mol. The van der Waals surface area contributed by atoms with E-state index < -0.39 is 0 Å². The van der Waals surface area contributed by atoms with Crippen LogP contribution >= 0.6 is 0 Å². The zero-order valence-corrected chi connectivity index (χ0v) is 4.39. The molecule has 0 spiro atoms. The molecular weight excluding hydrogens is 191 g/mol. The van der Waals surface area contributed by atoms with Crippen molar-refractivity contribution in [1.82, 2.24) is 0 Å². The molecule has 0 rings (SSSR count). The molecule has 0 aromatic rings. The molecule has 0 saturated carbocycles. The van der Waals surface area contributed by atoms with Crippen LogP contribution in [0, 0.1) is 0 Å². The summed E-state index contributed by atoms with van der Waals surface area (Å²) in [4.78, 5) is 0. The molecule has 6 N–H and O–H groups in total. The van der Waals surface area contributed by atoms with Crippen molar-refractivity contribution in [2.24, 2.45) is 0 Å². The van der Waals surface area contributed by atoms with Crippen LogP contribution in [0.2, 0.25) is 0 Å². The van der Waals surface area contributed by atoms with Crippen LogP contribution in [0.1, 0.15) is 0 Å². The quantitative estimate of drug-likeness (QED) is 0.389. The molecule has 0 aromatic carbocycles. The van der Waals surface area contributed by atoms with Crippen LogP contribution in [0.3, 0.4) is 0 Å². The van der Waals surface area contributed by atoms with E-state index in [1.165, 1.54) is 0 Å². The maximum atomic E-state index is 7.81. The Kier molecular flexibility index (Phi) is 3050. The van der Waals surface area contributed by atoms with Gasteiger partial charge in [0.25, 0.3) is 0 Å². The van der Waals surface area contributed by atoms with Crippen LogP contribution in [0.4, 0.5) is 0 Å². The molecule has 52 valence electrons. The summed E-state index contributed by atoms with van der Waals surface area (Å²) in [6, 6.07) is 0. The van der Waals surface area contributed by atoms with Gasteiger partial charge in [0.05, 0.1) is 0 Å². The Morgan fingerprint density at radius 3 is 0.833 bits per heavy atom. The summed E-state index contributed by atoms with van der Waals surface area (Å²) in [6.07, 6.45) is 0. The van der Waals surface area contributed by atoms with Gasteiger partial charge in [-0.3, -0.25) is 0 Å². The number of rotatable bonds is 0. The van der Waals surface area contributed by atoms with Gasteiger partial charge in [0.15, 0.2) is 0 Å². The Labute approximate surface area is 53.7 Å². The number of hydrogen-bond donors (Lipinski definition) is 0. The van der Waals surface area contributed by atoms with E-state index in [-0.39, 0.29) is 33.5 Å². The minimum absolute atomic E-state index is 0. The van der Waals surface area contributed by atoms with Crippen molar-refractivity contribution in [3.05, 3.63) is 0 Å². The first-order valence-corrected chi connectivity index (χ1v) is 0.508. The fraction of sp³-hybridized carbons (Fsp3) is 0. The summed E-state index contributed by atoms with van der Waals surface area (Å²) in [5, 5.41) is 0. The van der Waals surface area contributed by atoms with Crippen molar-refractivity contribution in [3.63, 3.8) is 0 Å². The summed E-state index contributed by atoms with van der Waals surface area (Å²) < 4.78 is 7.81. The summed E-state index contributed by atoms with van der Waals surface area (Å²) in [6.45, 7) is 0. The first-order valence-electron chi connectivity index (χ1n) is 0.123. The fourth-order valence-corrected chi connectivity index (χ4v) is 0. The molecule has 0 fully saturated rings. The van der Waals surface area contributed by atoms with Crippen LogP contribution in [-0.2, 0) is 36.8 Å². The van der Waals surface area contributed by atoms with Gasteiger partial charge in [0.1, 0.15) is 0 Å². The molecule has 0 saturated heterocycles. The second-order valence-corrected chi connectivity index (χ2v) is 0. The Hall–Kier alpha value is 0.719. The van der Waals surface area contributed by atoms with E-state index in [4.69, 9.17) is 3.83 Å². The van der Waals surface area contributed by atoms with Gasteiger partial charge in [0.2, 0.25) is 0 Å². The van der Waals surface area contributed by atoms with Crippen LogP contribution in [-0.4, -0.2) is 16.4 Å². The Morgan fingerprint density at radius 2 is 0.833 bits per heavy atom. The van der Waals surface area contributed by atoms with Gasteiger partial charge < -0.3 is 16.4 Å². The van der Waals surface area contributed by atoms with Crippen LogP contribution in [0.15, 0.2) is 0 Å². The second kappa shape index (κ2) is 246. The molecule has 0 unspecified atom stereocenters. The van der Waals surface area contributed by atoms with Crippen molar-refractivity contribution in [2.45, 2.75) is 0 Å². The zero-order valence-electron chi connectivity index (χ0n) is 2.51. The SMILES string of the molecule is O.O.O.[Cu].[O]=[Cu]. The molecule has 0 aliphatic carbocycles. The molecule has 6 heteroatoms. The zero-order chi connectivity index (χ0) is 2.00. The Balaban J connectivity index is -0.000000000833. The molecule has 0 heterocycles. The molecule has 6 heavy (non-hydrogen) atoms. The van der Waals surface area contributed by atoms with E-state index in [0.717, 1.165) is 0 Å². The van der Waals surface area contributed by atoms with Gasteiger partial charge in [-0.2, -0.15) is 0 Å². The van der Waals surface area contributed by atoms with E-state index in [1.807, 2.05) is 0 Å². The first-order chi connectivity index (χ1) is 1.00. The normalized spacial score (nSPS) is 1.00. The third kappa shape index (κ3) is 126. The van der Waals surface area contributed by atoms with Crippen molar-refractivity contribution in [2.75, 3.05) is 0 Å². The van der Waals surface area contributed by atoms with Gasteiger partial charge >= 0.3 is 19.8 Å². The van der Waals surface area contributed by atoms with Crippen LogP contribution in [0.25, 0.3) is 0 Å². The van der Waals surface area contributed by atoms with E-state index in [0.29, 0.717) is 0 Å². The third-order valence-corrected chi connectivity index (χ3v) is 0. The third-order valence-electron chi connectivity index (χ3n) is 0. The van der Waals surface area contributed by atoms with Gasteiger partial charge in [-0.25, -0.2) is 0 Å². The molecule has 4 nitrogen and oxygen atoms in total. The van der Waals surface area contributed by atoms with Gasteiger partial charge in [-0.1, -0.05) is 0 Å². The summed E-state index contributed by atoms with van der Waals surface area (Å²) in [7, 11) is 0. The molecule has 0 atom stereocenters. The Morgan fingerprint density at radius 1 is 0.833 bits per heavy atom. The average molecular weight is 197 g/mol.